The molecule has 0 aliphatic heterocycles. The average molecular weight is 311 g/mol. The molecular formula is C14H15BrOS. The highest BCUT2D eigenvalue weighted by molar-refractivity contribution is 9.09. The number of rotatable bonds is 6. The zero-order chi connectivity index (χ0) is 12.1. The Kier molecular flexibility index (Phi) is 4.75. The van der Waals surface area contributed by atoms with E-state index in [4.69, 9.17) is 0 Å². The predicted octanol–water partition coefficient (Wildman–Crippen LogP) is 5.04. The van der Waals surface area contributed by atoms with Gasteiger partial charge in [-0.05, 0) is 18.9 Å². The van der Waals surface area contributed by atoms with Crippen LogP contribution >= 0.6 is 27.3 Å². The molecule has 1 nitrogen and oxygen atoms in total. The lowest BCUT2D eigenvalue weighted by Crippen LogP contribution is -1.97. The number of fused-ring (bicyclic) bond motifs is 1. The first kappa shape index (κ1) is 12.8. The van der Waals surface area contributed by atoms with E-state index in [-0.39, 0.29) is 5.78 Å². The Labute approximate surface area is 114 Å². The molecular weight excluding hydrogens is 296 g/mol. The molecule has 0 N–H and O–H groups in total. The maximum atomic E-state index is 12.1. The molecule has 3 heteroatoms. The fourth-order valence-corrected chi connectivity index (χ4v) is 3.25. The summed E-state index contributed by atoms with van der Waals surface area (Å²) >= 11 is 5.06. The standard InChI is InChI=1S/C14H15BrOS/c15-9-5-1-2-7-13(16)12-10-17-14-8-4-3-6-11(12)14/h3-4,6,8,10H,1-2,5,7,9H2. The van der Waals surface area contributed by atoms with E-state index in [1.54, 1.807) is 11.3 Å². The van der Waals surface area contributed by atoms with Crippen LogP contribution in [0.4, 0.5) is 0 Å². The number of hydrogen-bond donors (Lipinski definition) is 0. The molecule has 0 saturated heterocycles. The number of carbonyl (C=O) groups excluding carboxylic acids is 1. The maximum Gasteiger partial charge on any atom is 0.164 e. The Balaban J connectivity index is 2.04. The molecule has 0 radical (unpaired) electrons. The summed E-state index contributed by atoms with van der Waals surface area (Å²) in [6.45, 7) is 0. The van der Waals surface area contributed by atoms with Gasteiger partial charge < -0.3 is 0 Å². The van der Waals surface area contributed by atoms with E-state index in [0.717, 1.165) is 35.5 Å². The minimum atomic E-state index is 0.289. The first-order chi connectivity index (χ1) is 8.33. The lowest BCUT2D eigenvalue weighted by Gasteiger charge is -1.99. The molecule has 0 spiro atoms. The minimum Gasteiger partial charge on any atom is -0.294 e. The number of benzene rings is 1. The highest BCUT2D eigenvalue weighted by Gasteiger charge is 2.11. The third-order valence-electron chi connectivity index (χ3n) is 2.82. The molecule has 2 aromatic rings. The van der Waals surface area contributed by atoms with Crippen LogP contribution in [0, 0.1) is 0 Å². The summed E-state index contributed by atoms with van der Waals surface area (Å²) in [6.07, 6.45) is 3.94. The molecule has 2 rings (SSSR count). The van der Waals surface area contributed by atoms with Gasteiger partial charge in [-0.25, -0.2) is 0 Å². The van der Waals surface area contributed by atoms with Gasteiger partial charge in [0.1, 0.15) is 0 Å². The van der Waals surface area contributed by atoms with Gasteiger partial charge in [-0.3, -0.25) is 4.79 Å². The van der Waals surface area contributed by atoms with Crippen LogP contribution in [0.25, 0.3) is 10.1 Å². The van der Waals surface area contributed by atoms with Crippen LogP contribution in [0.5, 0.6) is 0 Å². The van der Waals surface area contributed by atoms with Crippen molar-refractivity contribution in [3.63, 3.8) is 0 Å². The van der Waals surface area contributed by atoms with Crippen LogP contribution in [0.2, 0.25) is 0 Å². The second kappa shape index (κ2) is 6.31. The van der Waals surface area contributed by atoms with Gasteiger partial charge in [0.05, 0.1) is 0 Å². The van der Waals surface area contributed by atoms with Crippen molar-refractivity contribution in [3.8, 4) is 0 Å². The van der Waals surface area contributed by atoms with Gasteiger partial charge in [0, 0.05) is 32.8 Å². The van der Waals surface area contributed by atoms with Gasteiger partial charge >= 0.3 is 0 Å². The van der Waals surface area contributed by atoms with Gasteiger partial charge in [0.25, 0.3) is 0 Å². The van der Waals surface area contributed by atoms with Gasteiger partial charge in [-0.2, -0.15) is 0 Å². The van der Waals surface area contributed by atoms with Crippen LogP contribution in [-0.4, -0.2) is 11.1 Å². The lowest BCUT2D eigenvalue weighted by molar-refractivity contribution is 0.0981. The Morgan fingerprint density at radius 2 is 2.00 bits per heavy atom. The molecule has 1 aromatic carbocycles. The number of carbonyl (C=O) groups is 1. The van der Waals surface area contributed by atoms with E-state index in [0.29, 0.717) is 6.42 Å². The summed E-state index contributed by atoms with van der Waals surface area (Å²) in [5, 5.41) is 4.14. The largest absolute Gasteiger partial charge is 0.294 e. The van der Waals surface area contributed by atoms with E-state index in [9.17, 15) is 4.79 Å². The van der Waals surface area contributed by atoms with Crippen molar-refractivity contribution >= 4 is 43.1 Å². The van der Waals surface area contributed by atoms with Crippen molar-refractivity contribution in [2.45, 2.75) is 25.7 Å². The van der Waals surface area contributed by atoms with E-state index in [1.165, 1.54) is 4.70 Å². The smallest absolute Gasteiger partial charge is 0.164 e. The molecule has 0 aliphatic carbocycles. The summed E-state index contributed by atoms with van der Waals surface area (Å²) in [5.74, 6) is 0.289. The van der Waals surface area contributed by atoms with Crippen molar-refractivity contribution in [3.05, 3.63) is 35.2 Å². The molecule has 0 bridgehead atoms. The second-order valence-corrected chi connectivity index (χ2v) is 5.77. The predicted molar refractivity (Wildman–Crippen MR) is 78.4 cm³/mol. The van der Waals surface area contributed by atoms with Crippen molar-refractivity contribution in [1.29, 1.82) is 0 Å². The SMILES string of the molecule is O=C(CCCCCBr)c1csc2ccccc12. The number of thiophene rings is 1. The Hall–Kier alpha value is -0.670. The van der Waals surface area contributed by atoms with Gasteiger partial charge in [-0.15, -0.1) is 11.3 Å². The van der Waals surface area contributed by atoms with Gasteiger partial charge in [0.2, 0.25) is 0 Å². The van der Waals surface area contributed by atoms with Crippen molar-refractivity contribution in [1.82, 2.24) is 0 Å². The molecule has 0 aliphatic rings. The first-order valence-electron chi connectivity index (χ1n) is 5.88. The van der Waals surface area contributed by atoms with E-state index >= 15 is 0 Å². The number of halogens is 1. The molecule has 90 valence electrons. The molecule has 0 saturated carbocycles. The quantitative estimate of drug-likeness (QED) is 0.415. The summed E-state index contributed by atoms with van der Waals surface area (Å²) in [5.41, 5.74) is 0.907. The third kappa shape index (κ3) is 3.17. The number of hydrogen-bond acceptors (Lipinski definition) is 2. The van der Waals surface area contributed by atoms with E-state index < -0.39 is 0 Å². The summed E-state index contributed by atoms with van der Waals surface area (Å²) in [6, 6.07) is 8.12. The van der Waals surface area contributed by atoms with Gasteiger partial charge in [-0.1, -0.05) is 40.5 Å². The second-order valence-electron chi connectivity index (χ2n) is 4.07. The first-order valence-corrected chi connectivity index (χ1v) is 7.88. The van der Waals surface area contributed by atoms with E-state index in [1.807, 2.05) is 23.6 Å². The van der Waals surface area contributed by atoms with E-state index in [2.05, 4.69) is 22.0 Å². The zero-order valence-electron chi connectivity index (χ0n) is 9.62. The Bertz CT molecular complexity index is 504. The Morgan fingerprint density at radius 1 is 1.18 bits per heavy atom. The fraction of sp³-hybridized carbons (Fsp3) is 0.357. The maximum absolute atomic E-state index is 12.1. The monoisotopic (exact) mass is 310 g/mol. The molecule has 0 atom stereocenters. The van der Waals surface area contributed by atoms with Crippen LogP contribution in [0.3, 0.4) is 0 Å². The number of ketones is 1. The molecule has 0 fully saturated rings. The normalized spacial score (nSPS) is 10.9. The van der Waals surface area contributed by atoms with Crippen LogP contribution in [-0.2, 0) is 0 Å². The summed E-state index contributed by atoms with van der Waals surface area (Å²) in [4.78, 5) is 12.1. The molecule has 1 heterocycles. The highest BCUT2D eigenvalue weighted by atomic mass is 79.9. The Morgan fingerprint density at radius 3 is 2.82 bits per heavy atom. The number of unbranched alkanes of at least 4 members (excludes halogenated alkanes) is 2. The zero-order valence-corrected chi connectivity index (χ0v) is 12.0. The lowest BCUT2D eigenvalue weighted by atomic mass is 10.0. The number of Topliss-reactive ketones (excluding diaryl/α,β-unsaturated/α-hetero) is 1. The highest BCUT2D eigenvalue weighted by Crippen LogP contribution is 2.27. The summed E-state index contributed by atoms with van der Waals surface area (Å²) < 4.78 is 1.20. The number of alkyl halides is 1. The molecule has 17 heavy (non-hydrogen) atoms. The van der Waals surface area contributed by atoms with Crippen molar-refractivity contribution in [2.75, 3.05) is 5.33 Å². The van der Waals surface area contributed by atoms with Crippen LogP contribution in [0.1, 0.15) is 36.0 Å². The van der Waals surface area contributed by atoms with Crippen molar-refractivity contribution < 1.29 is 4.79 Å². The fourth-order valence-electron chi connectivity index (χ4n) is 1.89. The summed E-state index contributed by atoms with van der Waals surface area (Å²) in [7, 11) is 0. The third-order valence-corrected chi connectivity index (χ3v) is 4.34. The van der Waals surface area contributed by atoms with Crippen LogP contribution < -0.4 is 0 Å². The molecule has 0 amide bonds. The van der Waals surface area contributed by atoms with Crippen LogP contribution in [0.15, 0.2) is 29.6 Å². The molecule has 1 aromatic heterocycles. The topological polar surface area (TPSA) is 17.1 Å². The minimum absolute atomic E-state index is 0.289. The van der Waals surface area contributed by atoms with Gasteiger partial charge in [0.15, 0.2) is 5.78 Å². The molecule has 0 unspecified atom stereocenters. The average Bonchev–Trinajstić information content (AvgIpc) is 2.78. The van der Waals surface area contributed by atoms with Crippen molar-refractivity contribution in [2.24, 2.45) is 0 Å².